The van der Waals surface area contributed by atoms with E-state index >= 15 is 0 Å². The lowest BCUT2D eigenvalue weighted by atomic mass is 10.1. The molecule has 2 atom stereocenters. The molecular formula is C19H23NO3S. The Bertz CT molecular complexity index is 671. The summed E-state index contributed by atoms with van der Waals surface area (Å²) >= 11 is 0. The van der Waals surface area contributed by atoms with Gasteiger partial charge in [0.15, 0.2) is 0 Å². The van der Waals surface area contributed by atoms with Crippen LogP contribution in [-0.2, 0) is 34.4 Å². The van der Waals surface area contributed by atoms with E-state index in [2.05, 4.69) is 5.32 Å². The van der Waals surface area contributed by atoms with Gasteiger partial charge in [0, 0.05) is 23.1 Å². The zero-order chi connectivity index (χ0) is 17.4. The number of aliphatic hydroxyl groups excluding tert-OH is 1. The second-order valence-electron chi connectivity index (χ2n) is 5.67. The minimum absolute atomic E-state index is 0.0103. The summed E-state index contributed by atoms with van der Waals surface area (Å²) < 4.78 is 12.3. The summed E-state index contributed by atoms with van der Waals surface area (Å²) in [4.78, 5) is 12.1. The summed E-state index contributed by atoms with van der Waals surface area (Å²) in [7, 11) is -1.28. The van der Waals surface area contributed by atoms with Crippen molar-refractivity contribution < 1.29 is 14.1 Å². The first-order valence-electron chi connectivity index (χ1n) is 7.97. The smallest absolute Gasteiger partial charge is 0.235 e. The highest BCUT2D eigenvalue weighted by Crippen LogP contribution is 2.10. The maximum atomic E-state index is 12.3. The fraction of sp³-hybridized carbons (Fsp3) is 0.316. The first-order valence-corrected chi connectivity index (χ1v) is 9.36. The molecular weight excluding hydrogens is 322 g/mol. The number of benzene rings is 2. The third-order valence-corrected chi connectivity index (χ3v) is 5.45. The maximum Gasteiger partial charge on any atom is 0.235 e. The second-order valence-corrected chi connectivity index (χ2v) is 7.43. The molecule has 0 bridgehead atoms. The second kappa shape index (κ2) is 9.35. The van der Waals surface area contributed by atoms with Crippen LogP contribution >= 0.6 is 0 Å². The van der Waals surface area contributed by atoms with Gasteiger partial charge in [-0.3, -0.25) is 9.00 Å². The average Bonchev–Trinajstić information content (AvgIpc) is 2.62. The van der Waals surface area contributed by atoms with Crippen molar-refractivity contribution in [2.75, 3.05) is 6.54 Å². The van der Waals surface area contributed by atoms with Gasteiger partial charge in [-0.1, -0.05) is 54.6 Å². The van der Waals surface area contributed by atoms with Gasteiger partial charge in [-0.05, 0) is 30.0 Å². The zero-order valence-electron chi connectivity index (χ0n) is 13.8. The quantitative estimate of drug-likeness (QED) is 0.771. The van der Waals surface area contributed by atoms with Crippen molar-refractivity contribution in [1.82, 2.24) is 5.32 Å². The lowest BCUT2D eigenvalue weighted by Gasteiger charge is -2.12. The third-order valence-electron chi connectivity index (χ3n) is 3.83. The number of hydrogen-bond acceptors (Lipinski definition) is 3. The molecule has 0 aliphatic heterocycles. The van der Waals surface area contributed by atoms with Crippen LogP contribution in [0.5, 0.6) is 0 Å². The topological polar surface area (TPSA) is 66.4 Å². The number of nitrogens with one attached hydrogen (secondary N) is 1. The van der Waals surface area contributed by atoms with Gasteiger partial charge in [0.2, 0.25) is 5.91 Å². The normalized spacial score (nSPS) is 13.2. The van der Waals surface area contributed by atoms with E-state index in [4.69, 9.17) is 5.11 Å². The molecule has 128 valence electrons. The van der Waals surface area contributed by atoms with Crippen LogP contribution in [0.1, 0.15) is 23.6 Å². The number of hydrogen-bond donors (Lipinski definition) is 2. The highest BCUT2D eigenvalue weighted by Gasteiger charge is 2.19. The lowest BCUT2D eigenvalue weighted by Crippen LogP contribution is -2.36. The van der Waals surface area contributed by atoms with Crippen molar-refractivity contribution in [3.63, 3.8) is 0 Å². The molecule has 0 heterocycles. The fourth-order valence-corrected chi connectivity index (χ4v) is 3.36. The molecule has 2 aromatic carbocycles. The Morgan fingerprint density at radius 1 is 1.04 bits per heavy atom. The first kappa shape index (κ1) is 18.4. The van der Waals surface area contributed by atoms with Crippen LogP contribution in [-0.4, -0.2) is 27.0 Å². The molecule has 0 aliphatic rings. The molecule has 0 saturated carbocycles. The van der Waals surface area contributed by atoms with Crippen LogP contribution < -0.4 is 5.32 Å². The average molecular weight is 345 g/mol. The number of aliphatic hydroxyl groups is 1. The van der Waals surface area contributed by atoms with Crippen LogP contribution in [0.25, 0.3) is 0 Å². The molecule has 24 heavy (non-hydrogen) atoms. The van der Waals surface area contributed by atoms with Gasteiger partial charge in [-0.25, -0.2) is 0 Å². The summed E-state index contributed by atoms with van der Waals surface area (Å²) in [6.07, 6.45) is 0.758. The molecule has 2 unspecified atom stereocenters. The van der Waals surface area contributed by atoms with Crippen LogP contribution in [0.15, 0.2) is 54.6 Å². The Morgan fingerprint density at radius 2 is 1.67 bits per heavy atom. The zero-order valence-corrected chi connectivity index (χ0v) is 14.6. The molecule has 4 nitrogen and oxygen atoms in total. The summed E-state index contributed by atoms with van der Waals surface area (Å²) in [5.41, 5.74) is 2.88. The van der Waals surface area contributed by atoms with E-state index in [9.17, 15) is 9.00 Å². The monoisotopic (exact) mass is 345 g/mol. The van der Waals surface area contributed by atoms with E-state index in [1.165, 1.54) is 0 Å². The molecule has 0 aromatic heterocycles. The SMILES string of the molecule is CC(C(=O)NCCc1ccccc1)S(=O)Cc1ccc(CO)cc1. The standard InChI is InChI=1S/C19H23NO3S/c1-15(19(22)20-12-11-16-5-3-2-4-6-16)24(23)14-18-9-7-17(13-21)8-10-18/h2-10,15,21H,11-14H2,1H3,(H,20,22). The minimum atomic E-state index is -1.28. The first-order chi connectivity index (χ1) is 11.6. The highest BCUT2D eigenvalue weighted by atomic mass is 32.2. The minimum Gasteiger partial charge on any atom is -0.392 e. The lowest BCUT2D eigenvalue weighted by molar-refractivity contribution is -0.120. The van der Waals surface area contributed by atoms with Gasteiger partial charge in [0.1, 0.15) is 5.25 Å². The van der Waals surface area contributed by atoms with Crippen LogP contribution in [0.4, 0.5) is 0 Å². The van der Waals surface area contributed by atoms with Gasteiger partial charge < -0.3 is 10.4 Å². The van der Waals surface area contributed by atoms with Crippen molar-refractivity contribution in [1.29, 1.82) is 0 Å². The summed E-state index contributed by atoms with van der Waals surface area (Å²) in [5, 5.41) is 11.3. The van der Waals surface area contributed by atoms with Crippen LogP contribution in [0.2, 0.25) is 0 Å². The summed E-state index contributed by atoms with van der Waals surface area (Å²) in [5.74, 6) is 0.148. The molecule has 1 amide bonds. The Balaban J connectivity index is 1.79. The number of rotatable bonds is 8. The van der Waals surface area contributed by atoms with Crippen LogP contribution in [0, 0.1) is 0 Å². The number of carbonyl (C=O) groups excluding carboxylic acids is 1. The molecule has 2 N–H and O–H groups in total. The van der Waals surface area contributed by atoms with E-state index in [0.29, 0.717) is 12.3 Å². The van der Waals surface area contributed by atoms with E-state index < -0.39 is 16.0 Å². The van der Waals surface area contributed by atoms with Crippen molar-refractivity contribution in [2.45, 2.75) is 31.0 Å². The van der Waals surface area contributed by atoms with Crippen molar-refractivity contribution in [3.05, 3.63) is 71.3 Å². The largest absolute Gasteiger partial charge is 0.392 e. The molecule has 0 aliphatic carbocycles. The van der Waals surface area contributed by atoms with E-state index in [1.807, 2.05) is 42.5 Å². The predicted octanol–water partition coefficient (Wildman–Crippen LogP) is 2.17. The van der Waals surface area contributed by atoms with Crippen LogP contribution in [0.3, 0.4) is 0 Å². The van der Waals surface area contributed by atoms with Gasteiger partial charge in [-0.2, -0.15) is 0 Å². The molecule has 0 radical (unpaired) electrons. The molecule has 2 aromatic rings. The molecule has 0 spiro atoms. The molecule has 0 saturated heterocycles. The third kappa shape index (κ3) is 5.58. The molecule has 5 heteroatoms. The van der Waals surface area contributed by atoms with Gasteiger partial charge in [0.25, 0.3) is 0 Å². The Hall–Kier alpha value is -1.98. The van der Waals surface area contributed by atoms with Crippen molar-refractivity contribution in [3.8, 4) is 0 Å². The van der Waals surface area contributed by atoms with E-state index in [-0.39, 0.29) is 12.5 Å². The highest BCUT2D eigenvalue weighted by molar-refractivity contribution is 7.85. The molecule has 2 rings (SSSR count). The Morgan fingerprint density at radius 3 is 2.29 bits per heavy atom. The predicted molar refractivity (Wildman–Crippen MR) is 96.8 cm³/mol. The fourth-order valence-electron chi connectivity index (χ4n) is 2.27. The number of carbonyl (C=O) groups is 1. The Kier molecular flexibility index (Phi) is 7.15. The van der Waals surface area contributed by atoms with Crippen molar-refractivity contribution >= 4 is 16.7 Å². The molecule has 0 fully saturated rings. The maximum absolute atomic E-state index is 12.3. The number of amides is 1. The van der Waals surface area contributed by atoms with Gasteiger partial charge >= 0.3 is 0 Å². The van der Waals surface area contributed by atoms with E-state index in [0.717, 1.165) is 23.1 Å². The Labute approximate surface area is 145 Å². The summed E-state index contributed by atoms with van der Waals surface area (Å²) in [6.45, 7) is 2.22. The van der Waals surface area contributed by atoms with Crippen molar-refractivity contribution in [2.24, 2.45) is 0 Å². The van der Waals surface area contributed by atoms with Gasteiger partial charge in [0.05, 0.1) is 6.61 Å². The van der Waals surface area contributed by atoms with Gasteiger partial charge in [-0.15, -0.1) is 0 Å². The summed E-state index contributed by atoms with van der Waals surface area (Å²) in [6, 6.07) is 17.2. The van der Waals surface area contributed by atoms with E-state index in [1.54, 1.807) is 19.1 Å².